The van der Waals surface area contributed by atoms with Gasteiger partial charge in [0.2, 0.25) is 0 Å². The van der Waals surface area contributed by atoms with Gasteiger partial charge in [0.25, 0.3) is 0 Å². The first-order valence-electron chi connectivity index (χ1n) is 5.18. The predicted molar refractivity (Wildman–Crippen MR) is 61.2 cm³/mol. The van der Waals surface area contributed by atoms with Crippen LogP contribution in [0.3, 0.4) is 0 Å². The van der Waals surface area contributed by atoms with Crippen LogP contribution in [0, 0.1) is 5.92 Å². The van der Waals surface area contributed by atoms with E-state index in [-0.39, 0.29) is 6.10 Å². The highest BCUT2D eigenvalue weighted by molar-refractivity contribution is 9.10. The fourth-order valence-electron chi connectivity index (χ4n) is 2.32. The zero-order chi connectivity index (χ0) is 10.1. The fourth-order valence-corrected chi connectivity index (χ4v) is 2.73. The summed E-state index contributed by atoms with van der Waals surface area (Å²) in [7, 11) is 0. The van der Waals surface area contributed by atoms with Crippen LogP contribution < -0.4 is 0 Å². The second-order valence-electron chi connectivity index (χ2n) is 4.04. The molecule has 0 saturated carbocycles. The Balaban J connectivity index is 2.26. The van der Waals surface area contributed by atoms with E-state index in [9.17, 15) is 5.11 Å². The van der Waals surface area contributed by atoms with Gasteiger partial charge in [0.15, 0.2) is 0 Å². The molecule has 14 heavy (non-hydrogen) atoms. The summed E-state index contributed by atoms with van der Waals surface area (Å²) in [6.45, 7) is 2.17. The van der Waals surface area contributed by atoms with Crippen LogP contribution in [-0.4, -0.2) is 5.11 Å². The van der Waals surface area contributed by atoms with E-state index < -0.39 is 0 Å². The average Bonchev–Trinajstić information content (AvgIpc) is 2.44. The number of benzene rings is 1. The van der Waals surface area contributed by atoms with Crippen LogP contribution in [0.5, 0.6) is 0 Å². The molecule has 0 aliphatic heterocycles. The molecular weight excluding hydrogens is 240 g/mol. The van der Waals surface area contributed by atoms with Crippen molar-refractivity contribution >= 4 is 15.9 Å². The lowest BCUT2D eigenvalue weighted by Crippen LogP contribution is -2.06. The minimum Gasteiger partial charge on any atom is -0.388 e. The Morgan fingerprint density at radius 3 is 3.00 bits per heavy atom. The van der Waals surface area contributed by atoms with E-state index in [1.54, 1.807) is 0 Å². The monoisotopic (exact) mass is 254 g/mol. The van der Waals surface area contributed by atoms with E-state index in [1.165, 1.54) is 5.56 Å². The molecule has 1 aliphatic rings. The van der Waals surface area contributed by atoms with Crippen molar-refractivity contribution in [2.24, 2.45) is 5.92 Å². The molecule has 0 aromatic heterocycles. The molecule has 2 heteroatoms. The highest BCUT2D eigenvalue weighted by atomic mass is 79.9. The highest BCUT2D eigenvalue weighted by Gasteiger charge is 2.29. The molecule has 2 atom stereocenters. The Bertz CT molecular complexity index is 335. The molecule has 1 nitrogen and oxygen atoms in total. The van der Waals surface area contributed by atoms with Crippen molar-refractivity contribution in [3.8, 4) is 0 Å². The van der Waals surface area contributed by atoms with Gasteiger partial charge >= 0.3 is 0 Å². The molecule has 2 rings (SSSR count). The van der Waals surface area contributed by atoms with E-state index in [0.29, 0.717) is 5.92 Å². The Kier molecular flexibility index (Phi) is 2.93. The lowest BCUT2D eigenvalue weighted by atomic mass is 9.98. The number of fused-ring (bicyclic) bond motifs is 1. The minimum absolute atomic E-state index is 0.238. The van der Waals surface area contributed by atoms with Crippen LogP contribution in [0.15, 0.2) is 22.7 Å². The van der Waals surface area contributed by atoms with Crippen LogP contribution in [-0.2, 0) is 6.42 Å². The molecule has 0 fully saturated rings. The summed E-state index contributed by atoms with van der Waals surface area (Å²) in [6.07, 6.45) is 3.06. The van der Waals surface area contributed by atoms with Gasteiger partial charge in [-0.2, -0.15) is 0 Å². The maximum Gasteiger partial charge on any atom is 0.0824 e. The van der Waals surface area contributed by atoms with Crippen molar-refractivity contribution in [3.05, 3.63) is 33.8 Å². The Morgan fingerprint density at radius 1 is 1.50 bits per heavy atom. The number of halogens is 1. The summed E-state index contributed by atoms with van der Waals surface area (Å²) in [4.78, 5) is 0. The minimum atomic E-state index is -0.238. The smallest absolute Gasteiger partial charge is 0.0824 e. The molecule has 0 heterocycles. The molecule has 1 aromatic carbocycles. The van der Waals surface area contributed by atoms with Gasteiger partial charge in [0.1, 0.15) is 0 Å². The molecular formula is C12H15BrO. The third-order valence-corrected chi connectivity index (χ3v) is 3.51. The van der Waals surface area contributed by atoms with Gasteiger partial charge in [-0.25, -0.2) is 0 Å². The molecule has 2 unspecified atom stereocenters. The normalized spacial score (nSPS) is 25.1. The van der Waals surface area contributed by atoms with Crippen LogP contribution in [0.2, 0.25) is 0 Å². The van der Waals surface area contributed by atoms with E-state index in [4.69, 9.17) is 0 Å². The molecule has 1 aromatic rings. The number of hydrogen-bond donors (Lipinski definition) is 1. The second kappa shape index (κ2) is 4.03. The van der Waals surface area contributed by atoms with Gasteiger partial charge < -0.3 is 5.11 Å². The topological polar surface area (TPSA) is 20.2 Å². The lowest BCUT2D eigenvalue weighted by molar-refractivity contribution is 0.118. The zero-order valence-corrected chi connectivity index (χ0v) is 9.92. The number of rotatable bonds is 2. The summed E-state index contributed by atoms with van der Waals surface area (Å²) < 4.78 is 1.11. The Morgan fingerprint density at radius 2 is 2.29 bits per heavy atom. The highest BCUT2D eigenvalue weighted by Crippen LogP contribution is 2.39. The maximum absolute atomic E-state index is 10.0. The van der Waals surface area contributed by atoms with Crippen molar-refractivity contribution in [2.45, 2.75) is 32.3 Å². The van der Waals surface area contributed by atoms with E-state index in [2.05, 4.69) is 28.9 Å². The average molecular weight is 255 g/mol. The van der Waals surface area contributed by atoms with Gasteiger partial charge in [-0.1, -0.05) is 35.3 Å². The predicted octanol–water partition coefficient (Wildman–Crippen LogP) is 3.45. The molecule has 0 saturated heterocycles. The van der Waals surface area contributed by atoms with Crippen LogP contribution in [0.1, 0.15) is 37.0 Å². The van der Waals surface area contributed by atoms with E-state index in [1.807, 2.05) is 12.1 Å². The van der Waals surface area contributed by atoms with Crippen LogP contribution in [0.4, 0.5) is 0 Å². The van der Waals surface area contributed by atoms with Crippen LogP contribution >= 0.6 is 15.9 Å². The summed E-state index contributed by atoms with van der Waals surface area (Å²) in [5.41, 5.74) is 2.44. The second-order valence-corrected chi connectivity index (χ2v) is 4.96. The Hall–Kier alpha value is -0.340. The van der Waals surface area contributed by atoms with Crippen molar-refractivity contribution in [1.29, 1.82) is 0 Å². The van der Waals surface area contributed by atoms with Crippen molar-refractivity contribution in [1.82, 2.24) is 0 Å². The zero-order valence-electron chi connectivity index (χ0n) is 8.33. The lowest BCUT2D eigenvalue weighted by Gasteiger charge is -2.13. The molecule has 1 aliphatic carbocycles. The standard InChI is InChI=1S/C12H15BrO/c1-2-3-8-6-9-7-10(13)4-5-11(9)12(8)14/h4-5,7-8,12,14H,2-3,6H2,1H3. The summed E-state index contributed by atoms with van der Waals surface area (Å²) in [5.74, 6) is 0.435. The van der Waals surface area contributed by atoms with Gasteiger partial charge in [-0.15, -0.1) is 0 Å². The van der Waals surface area contributed by atoms with Gasteiger partial charge in [0.05, 0.1) is 6.10 Å². The third-order valence-electron chi connectivity index (χ3n) is 3.01. The van der Waals surface area contributed by atoms with E-state index in [0.717, 1.165) is 29.3 Å². The van der Waals surface area contributed by atoms with Gasteiger partial charge in [-0.3, -0.25) is 0 Å². The van der Waals surface area contributed by atoms with Crippen molar-refractivity contribution in [3.63, 3.8) is 0 Å². The Labute approximate surface area is 93.3 Å². The third kappa shape index (κ3) is 1.73. The molecule has 0 radical (unpaired) electrons. The molecule has 1 N–H and O–H groups in total. The first-order chi connectivity index (χ1) is 6.72. The largest absolute Gasteiger partial charge is 0.388 e. The molecule has 0 spiro atoms. The van der Waals surface area contributed by atoms with Gasteiger partial charge in [-0.05, 0) is 42.0 Å². The van der Waals surface area contributed by atoms with Crippen molar-refractivity contribution in [2.75, 3.05) is 0 Å². The quantitative estimate of drug-likeness (QED) is 0.858. The van der Waals surface area contributed by atoms with Gasteiger partial charge in [0, 0.05) is 4.47 Å². The molecule has 0 bridgehead atoms. The number of aliphatic hydroxyl groups is 1. The van der Waals surface area contributed by atoms with Crippen molar-refractivity contribution < 1.29 is 5.11 Å². The summed E-state index contributed by atoms with van der Waals surface area (Å²) >= 11 is 3.46. The fraction of sp³-hybridized carbons (Fsp3) is 0.500. The van der Waals surface area contributed by atoms with E-state index >= 15 is 0 Å². The summed E-state index contributed by atoms with van der Waals surface area (Å²) in [5, 5.41) is 10.0. The number of hydrogen-bond acceptors (Lipinski definition) is 1. The first kappa shape index (κ1) is 10.2. The number of aliphatic hydroxyl groups excluding tert-OH is 1. The SMILES string of the molecule is CCCC1Cc2cc(Br)ccc2C1O. The molecule has 76 valence electrons. The maximum atomic E-state index is 10.0. The first-order valence-corrected chi connectivity index (χ1v) is 5.98. The summed E-state index contributed by atoms with van der Waals surface area (Å²) in [6, 6.07) is 6.18. The van der Waals surface area contributed by atoms with Crippen LogP contribution in [0.25, 0.3) is 0 Å². The molecule has 0 amide bonds.